The van der Waals surface area contributed by atoms with E-state index in [-0.39, 0.29) is 5.78 Å². The highest BCUT2D eigenvalue weighted by Gasteiger charge is 2.15. The first-order chi connectivity index (χ1) is 8.19. The molecular formula is C12H13ClN2O2. The van der Waals surface area contributed by atoms with Gasteiger partial charge in [0.1, 0.15) is 6.67 Å². The molecule has 0 bridgehead atoms. The third-order valence-electron chi connectivity index (χ3n) is 2.51. The van der Waals surface area contributed by atoms with E-state index < -0.39 is 0 Å². The maximum atomic E-state index is 11.9. The van der Waals surface area contributed by atoms with Gasteiger partial charge in [0, 0.05) is 23.0 Å². The summed E-state index contributed by atoms with van der Waals surface area (Å²) < 4.78 is 0. The van der Waals surface area contributed by atoms with Crippen molar-refractivity contribution in [2.75, 3.05) is 20.3 Å². The Balaban J connectivity index is 1.94. The molecule has 1 aliphatic rings. The van der Waals surface area contributed by atoms with Crippen LogP contribution in [0.4, 0.5) is 0 Å². The average molecular weight is 253 g/mol. The van der Waals surface area contributed by atoms with Crippen LogP contribution in [0.25, 0.3) is 0 Å². The van der Waals surface area contributed by atoms with Gasteiger partial charge in [-0.1, -0.05) is 11.6 Å². The molecule has 90 valence electrons. The summed E-state index contributed by atoms with van der Waals surface area (Å²) in [4.78, 5) is 18.8. The Labute approximate surface area is 105 Å². The van der Waals surface area contributed by atoms with Crippen molar-refractivity contribution in [3.8, 4) is 0 Å². The van der Waals surface area contributed by atoms with Gasteiger partial charge in [0.25, 0.3) is 0 Å². The van der Waals surface area contributed by atoms with Gasteiger partial charge in [0.15, 0.2) is 5.78 Å². The standard InChI is InChI=1S/C12H13ClN2O2/c1-17-15-7-6-14(9-15)8-12(16)10-2-4-11(13)5-3-10/h2-7H,8-9H2,1H3. The Kier molecular flexibility index (Phi) is 3.66. The fourth-order valence-corrected chi connectivity index (χ4v) is 1.70. The number of carbonyl (C=O) groups is 1. The summed E-state index contributed by atoms with van der Waals surface area (Å²) in [6.07, 6.45) is 3.62. The van der Waals surface area contributed by atoms with Crippen LogP contribution in [0.5, 0.6) is 0 Å². The second-order valence-electron chi connectivity index (χ2n) is 3.72. The number of hydroxylamine groups is 2. The summed E-state index contributed by atoms with van der Waals surface area (Å²) in [6, 6.07) is 6.91. The molecule has 0 unspecified atom stereocenters. The molecule has 0 amide bonds. The van der Waals surface area contributed by atoms with Crippen molar-refractivity contribution in [3.63, 3.8) is 0 Å². The number of hydrogen-bond acceptors (Lipinski definition) is 4. The lowest BCUT2D eigenvalue weighted by molar-refractivity contribution is -0.0969. The number of Topliss-reactive ketones (excluding diaryl/α,β-unsaturated/α-hetero) is 1. The van der Waals surface area contributed by atoms with Crippen LogP contribution in [-0.2, 0) is 4.84 Å². The van der Waals surface area contributed by atoms with Crippen molar-refractivity contribution >= 4 is 17.4 Å². The summed E-state index contributed by atoms with van der Waals surface area (Å²) in [7, 11) is 1.59. The van der Waals surface area contributed by atoms with Crippen LogP contribution in [0.1, 0.15) is 10.4 Å². The van der Waals surface area contributed by atoms with Gasteiger partial charge in [-0.3, -0.25) is 9.63 Å². The fourth-order valence-electron chi connectivity index (χ4n) is 1.57. The highest BCUT2D eigenvalue weighted by atomic mass is 35.5. The molecule has 0 saturated carbocycles. The molecule has 1 heterocycles. The first-order valence-corrected chi connectivity index (χ1v) is 5.59. The average Bonchev–Trinajstić information content (AvgIpc) is 2.77. The second kappa shape index (κ2) is 5.21. The minimum atomic E-state index is 0.0595. The van der Waals surface area contributed by atoms with Crippen LogP contribution in [0.3, 0.4) is 0 Å². The Hall–Kier alpha value is -1.52. The number of rotatable bonds is 4. The van der Waals surface area contributed by atoms with Gasteiger partial charge in [0.05, 0.1) is 13.7 Å². The Morgan fingerprint density at radius 2 is 2.06 bits per heavy atom. The molecule has 0 spiro atoms. The van der Waals surface area contributed by atoms with E-state index >= 15 is 0 Å². The molecule has 1 aromatic rings. The lowest BCUT2D eigenvalue weighted by Crippen LogP contribution is -2.29. The van der Waals surface area contributed by atoms with E-state index in [9.17, 15) is 4.79 Å². The second-order valence-corrected chi connectivity index (χ2v) is 4.15. The van der Waals surface area contributed by atoms with Crippen molar-refractivity contribution in [1.29, 1.82) is 0 Å². The zero-order valence-corrected chi connectivity index (χ0v) is 10.2. The molecule has 0 aromatic heterocycles. The Morgan fingerprint density at radius 1 is 1.35 bits per heavy atom. The quantitative estimate of drug-likeness (QED) is 0.769. The third-order valence-corrected chi connectivity index (χ3v) is 2.76. The Bertz CT molecular complexity index is 431. The van der Waals surface area contributed by atoms with E-state index in [1.165, 1.54) is 0 Å². The van der Waals surface area contributed by atoms with Gasteiger partial charge in [-0.15, -0.1) is 0 Å². The molecule has 0 radical (unpaired) electrons. The summed E-state index contributed by atoms with van der Waals surface area (Å²) >= 11 is 5.77. The number of nitrogens with zero attached hydrogens (tertiary/aromatic N) is 2. The smallest absolute Gasteiger partial charge is 0.182 e. The topological polar surface area (TPSA) is 32.8 Å². The lowest BCUT2D eigenvalue weighted by atomic mass is 10.1. The maximum absolute atomic E-state index is 11.9. The SMILES string of the molecule is CON1C=CN(CC(=O)c2ccc(Cl)cc2)C1. The normalized spacial score (nSPS) is 14.5. The summed E-state index contributed by atoms with van der Waals surface area (Å²) in [5.74, 6) is 0.0595. The highest BCUT2D eigenvalue weighted by molar-refractivity contribution is 6.30. The molecule has 0 aliphatic carbocycles. The Morgan fingerprint density at radius 3 is 2.65 bits per heavy atom. The molecule has 2 rings (SSSR count). The van der Waals surface area contributed by atoms with Crippen molar-refractivity contribution < 1.29 is 9.63 Å². The van der Waals surface area contributed by atoms with E-state index in [4.69, 9.17) is 16.4 Å². The molecule has 0 atom stereocenters. The number of benzene rings is 1. The molecule has 5 heteroatoms. The van der Waals surface area contributed by atoms with E-state index in [0.717, 1.165) is 0 Å². The fraction of sp³-hybridized carbons (Fsp3) is 0.250. The van der Waals surface area contributed by atoms with Crippen LogP contribution < -0.4 is 0 Å². The zero-order valence-electron chi connectivity index (χ0n) is 9.47. The molecule has 1 aromatic carbocycles. The van der Waals surface area contributed by atoms with Gasteiger partial charge in [-0.2, -0.15) is 0 Å². The minimum Gasteiger partial charge on any atom is -0.349 e. The lowest BCUT2D eigenvalue weighted by Gasteiger charge is -2.18. The van der Waals surface area contributed by atoms with Gasteiger partial charge in [0.2, 0.25) is 0 Å². The van der Waals surface area contributed by atoms with Crippen LogP contribution in [-0.4, -0.2) is 36.1 Å². The highest BCUT2D eigenvalue weighted by Crippen LogP contribution is 2.12. The predicted octanol–water partition coefficient (Wildman–Crippen LogP) is 2.13. The molecular weight excluding hydrogens is 240 g/mol. The van der Waals surface area contributed by atoms with Gasteiger partial charge >= 0.3 is 0 Å². The van der Waals surface area contributed by atoms with Crippen LogP contribution in [0, 0.1) is 0 Å². The van der Waals surface area contributed by atoms with Crippen LogP contribution in [0.15, 0.2) is 36.7 Å². The molecule has 0 saturated heterocycles. The minimum absolute atomic E-state index is 0.0595. The van der Waals surface area contributed by atoms with Crippen molar-refractivity contribution in [1.82, 2.24) is 9.96 Å². The predicted molar refractivity (Wildman–Crippen MR) is 65.3 cm³/mol. The summed E-state index contributed by atoms with van der Waals surface area (Å²) in [5.41, 5.74) is 0.665. The first-order valence-electron chi connectivity index (χ1n) is 5.21. The van der Waals surface area contributed by atoms with Gasteiger partial charge < -0.3 is 4.90 Å². The molecule has 0 N–H and O–H groups in total. The van der Waals surface area contributed by atoms with Gasteiger partial charge in [-0.25, -0.2) is 5.06 Å². The summed E-state index contributed by atoms with van der Waals surface area (Å²) in [5, 5.41) is 2.28. The number of ketones is 1. The molecule has 4 nitrogen and oxygen atoms in total. The van der Waals surface area contributed by atoms with Crippen molar-refractivity contribution in [2.24, 2.45) is 0 Å². The van der Waals surface area contributed by atoms with Crippen LogP contribution >= 0.6 is 11.6 Å². The zero-order chi connectivity index (χ0) is 12.3. The van der Waals surface area contributed by atoms with Crippen molar-refractivity contribution in [3.05, 3.63) is 47.3 Å². The van der Waals surface area contributed by atoms with E-state index in [0.29, 0.717) is 23.8 Å². The van der Waals surface area contributed by atoms with E-state index in [2.05, 4.69) is 0 Å². The number of hydrogen-bond donors (Lipinski definition) is 0. The molecule has 17 heavy (non-hydrogen) atoms. The third kappa shape index (κ3) is 2.99. The number of halogens is 1. The largest absolute Gasteiger partial charge is 0.349 e. The maximum Gasteiger partial charge on any atom is 0.182 e. The number of carbonyl (C=O) groups excluding carboxylic acids is 1. The van der Waals surface area contributed by atoms with E-state index in [1.807, 2.05) is 11.1 Å². The van der Waals surface area contributed by atoms with E-state index in [1.54, 1.807) is 42.6 Å². The summed E-state index contributed by atoms with van der Waals surface area (Å²) in [6.45, 7) is 0.897. The van der Waals surface area contributed by atoms with Crippen LogP contribution in [0.2, 0.25) is 5.02 Å². The first kappa shape index (κ1) is 12.0. The molecule has 0 fully saturated rings. The monoisotopic (exact) mass is 252 g/mol. The molecule has 1 aliphatic heterocycles. The van der Waals surface area contributed by atoms with Gasteiger partial charge in [-0.05, 0) is 24.3 Å². The van der Waals surface area contributed by atoms with Crippen molar-refractivity contribution in [2.45, 2.75) is 0 Å².